The van der Waals surface area contributed by atoms with Crippen molar-refractivity contribution in [2.24, 2.45) is 5.41 Å². The van der Waals surface area contributed by atoms with E-state index in [1.165, 1.54) is 13.2 Å². The van der Waals surface area contributed by atoms with Crippen molar-refractivity contribution in [1.29, 1.82) is 0 Å². The van der Waals surface area contributed by atoms with Gasteiger partial charge in [-0.2, -0.15) is 0 Å². The van der Waals surface area contributed by atoms with E-state index in [1.807, 2.05) is 6.92 Å². The molecule has 0 aliphatic carbocycles. The molecule has 2 aliphatic heterocycles. The summed E-state index contributed by atoms with van der Waals surface area (Å²) in [6.45, 7) is 2.64. The topological polar surface area (TPSA) is 59.6 Å². The second-order valence-electron chi connectivity index (χ2n) is 5.12. The molecule has 19 heavy (non-hydrogen) atoms. The van der Waals surface area contributed by atoms with Gasteiger partial charge in [-0.05, 0) is 6.92 Å². The quantitative estimate of drug-likeness (QED) is 0.810. The van der Waals surface area contributed by atoms with E-state index >= 15 is 0 Å². The first-order chi connectivity index (χ1) is 9.04. The van der Waals surface area contributed by atoms with E-state index in [0.29, 0.717) is 24.6 Å². The maximum absolute atomic E-state index is 13.7. The highest BCUT2D eigenvalue weighted by atomic mass is 19.1. The minimum atomic E-state index is -0.650. The molecule has 6 heteroatoms. The Morgan fingerprint density at radius 3 is 3.00 bits per heavy atom. The van der Waals surface area contributed by atoms with Crippen molar-refractivity contribution in [2.45, 2.75) is 13.0 Å². The monoisotopic (exact) mass is 266 g/mol. The van der Waals surface area contributed by atoms with Crippen LogP contribution in [0.4, 0.5) is 15.8 Å². The van der Waals surface area contributed by atoms with Crippen molar-refractivity contribution in [3.63, 3.8) is 0 Å². The standard InChI is InChI=1S/C13H15FN2O3/c1-13-6-19-5-11(13)15-9-4-10(18-2)7(14)3-8(9)16-12(13)17/h3-4,11,15H,5-6H2,1-2H3,(H,16,17). The minimum Gasteiger partial charge on any atom is -0.494 e. The van der Waals surface area contributed by atoms with Gasteiger partial charge in [0.15, 0.2) is 11.6 Å². The fraction of sp³-hybridized carbons (Fsp3) is 0.462. The van der Waals surface area contributed by atoms with Crippen molar-refractivity contribution in [1.82, 2.24) is 0 Å². The van der Waals surface area contributed by atoms with Gasteiger partial charge in [0, 0.05) is 12.1 Å². The van der Waals surface area contributed by atoms with Crippen LogP contribution in [0.1, 0.15) is 6.92 Å². The number of methoxy groups -OCH3 is 1. The highest BCUT2D eigenvalue weighted by Crippen LogP contribution is 2.40. The summed E-state index contributed by atoms with van der Waals surface area (Å²) in [5.74, 6) is -0.523. The fourth-order valence-electron chi connectivity index (χ4n) is 2.48. The number of carbonyl (C=O) groups is 1. The van der Waals surface area contributed by atoms with Gasteiger partial charge in [-0.1, -0.05) is 0 Å². The number of amides is 1. The summed E-state index contributed by atoms with van der Waals surface area (Å²) in [5.41, 5.74) is 0.424. The van der Waals surface area contributed by atoms with Crippen LogP contribution < -0.4 is 15.4 Å². The minimum absolute atomic E-state index is 0.135. The third-order valence-electron chi connectivity index (χ3n) is 3.84. The Bertz CT molecular complexity index is 549. The largest absolute Gasteiger partial charge is 0.494 e. The third-order valence-corrected chi connectivity index (χ3v) is 3.84. The molecule has 2 aliphatic rings. The second kappa shape index (κ2) is 4.09. The van der Waals surface area contributed by atoms with Crippen LogP contribution in [0.2, 0.25) is 0 Å². The fourth-order valence-corrected chi connectivity index (χ4v) is 2.48. The van der Waals surface area contributed by atoms with Crippen molar-refractivity contribution in [2.75, 3.05) is 31.0 Å². The normalized spacial score (nSPS) is 28.8. The molecule has 0 aromatic heterocycles. The smallest absolute Gasteiger partial charge is 0.234 e. The van der Waals surface area contributed by atoms with Gasteiger partial charge in [0.25, 0.3) is 0 Å². The number of benzene rings is 1. The third kappa shape index (κ3) is 1.74. The summed E-state index contributed by atoms with van der Waals surface area (Å²) >= 11 is 0. The molecule has 1 amide bonds. The zero-order valence-corrected chi connectivity index (χ0v) is 10.7. The molecule has 1 aromatic rings. The molecule has 3 rings (SSSR count). The Kier molecular flexibility index (Phi) is 2.63. The van der Waals surface area contributed by atoms with E-state index in [-0.39, 0.29) is 17.7 Å². The van der Waals surface area contributed by atoms with E-state index in [1.54, 1.807) is 6.07 Å². The SMILES string of the molecule is COc1cc2c(cc1F)NC(=O)C1(C)COCC1N2. The molecule has 0 spiro atoms. The summed E-state index contributed by atoms with van der Waals surface area (Å²) in [5, 5.41) is 5.99. The zero-order chi connectivity index (χ0) is 13.6. The highest BCUT2D eigenvalue weighted by Gasteiger charge is 2.48. The molecule has 2 heterocycles. The first-order valence-corrected chi connectivity index (χ1v) is 6.08. The van der Waals surface area contributed by atoms with Crippen molar-refractivity contribution in [3.05, 3.63) is 17.9 Å². The molecule has 1 fully saturated rings. The molecular formula is C13H15FN2O3. The van der Waals surface area contributed by atoms with Crippen LogP contribution in [0, 0.1) is 11.2 Å². The van der Waals surface area contributed by atoms with Crippen LogP contribution in [0.25, 0.3) is 0 Å². The van der Waals surface area contributed by atoms with Gasteiger partial charge in [0.05, 0.1) is 43.2 Å². The Hall–Kier alpha value is -1.82. The van der Waals surface area contributed by atoms with E-state index in [0.717, 1.165) is 0 Å². The lowest BCUT2D eigenvalue weighted by Crippen LogP contribution is -2.44. The molecule has 5 nitrogen and oxygen atoms in total. The van der Waals surface area contributed by atoms with Gasteiger partial charge in [-0.25, -0.2) is 4.39 Å². The summed E-state index contributed by atoms with van der Waals surface area (Å²) in [7, 11) is 1.41. The number of hydrogen-bond donors (Lipinski definition) is 2. The van der Waals surface area contributed by atoms with Gasteiger partial charge in [-0.3, -0.25) is 4.79 Å². The van der Waals surface area contributed by atoms with E-state index in [2.05, 4.69) is 10.6 Å². The van der Waals surface area contributed by atoms with Crippen LogP contribution in [0.15, 0.2) is 12.1 Å². The van der Waals surface area contributed by atoms with Crippen molar-refractivity contribution < 1.29 is 18.7 Å². The second-order valence-corrected chi connectivity index (χ2v) is 5.12. The average molecular weight is 266 g/mol. The van der Waals surface area contributed by atoms with Crippen LogP contribution in [-0.2, 0) is 9.53 Å². The van der Waals surface area contributed by atoms with E-state index in [4.69, 9.17) is 9.47 Å². The number of anilines is 2. The molecule has 2 unspecified atom stereocenters. The maximum atomic E-state index is 13.7. The molecule has 102 valence electrons. The predicted molar refractivity (Wildman–Crippen MR) is 67.9 cm³/mol. The van der Waals surface area contributed by atoms with E-state index < -0.39 is 11.2 Å². The molecule has 0 saturated carbocycles. The Balaban J connectivity index is 2.06. The van der Waals surface area contributed by atoms with Gasteiger partial charge in [0.1, 0.15) is 0 Å². The number of nitrogens with one attached hydrogen (secondary N) is 2. The average Bonchev–Trinajstić information content (AvgIpc) is 2.71. The summed E-state index contributed by atoms with van der Waals surface area (Å²) in [6.07, 6.45) is 0. The van der Waals surface area contributed by atoms with Gasteiger partial charge in [0.2, 0.25) is 5.91 Å². The summed E-state index contributed by atoms with van der Waals surface area (Å²) in [6, 6.07) is 2.68. The van der Waals surface area contributed by atoms with Crippen LogP contribution >= 0.6 is 0 Å². The molecular weight excluding hydrogens is 251 g/mol. The Morgan fingerprint density at radius 1 is 1.47 bits per heavy atom. The van der Waals surface area contributed by atoms with Crippen molar-refractivity contribution in [3.8, 4) is 5.75 Å². The summed E-state index contributed by atoms with van der Waals surface area (Å²) in [4.78, 5) is 12.3. The number of rotatable bonds is 1. The highest BCUT2D eigenvalue weighted by molar-refractivity contribution is 6.00. The van der Waals surface area contributed by atoms with Gasteiger partial charge >= 0.3 is 0 Å². The number of halogens is 1. The van der Waals surface area contributed by atoms with E-state index in [9.17, 15) is 9.18 Å². The van der Waals surface area contributed by atoms with Crippen LogP contribution in [0.5, 0.6) is 5.75 Å². The Morgan fingerprint density at radius 2 is 2.26 bits per heavy atom. The zero-order valence-electron chi connectivity index (χ0n) is 10.7. The first kappa shape index (κ1) is 12.2. The molecule has 0 bridgehead atoms. The van der Waals surface area contributed by atoms with Crippen molar-refractivity contribution >= 4 is 17.3 Å². The summed E-state index contributed by atoms with van der Waals surface area (Å²) < 4.78 is 24.0. The lowest BCUT2D eigenvalue weighted by molar-refractivity contribution is -0.124. The van der Waals surface area contributed by atoms with Gasteiger partial charge < -0.3 is 20.1 Å². The number of carbonyl (C=O) groups excluding carboxylic acids is 1. The predicted octanol–water partition coefficient (Wildman–Crippen LogP) is 1.60. The van der Waals surface area contributed by atoms with Gasteiger partial charge in [-0.15, -0.1) is 0 Å². The lowest BCUT2D eigenvalue weighted by atomic mass is 9.84. The molecule has 2 N–H and O–H groups in total. The van der Waals surface area contributed by atoms with Crippen LogP contribution in [0.3, 0.4) is 0 Å². The molecule has 2 atom stereocenters. The maximum Gasteiger partial charge on any atom is 0.234 e. The molecule has 1 aromatic carbocycles. The number of fused-ring (bicyclic) bond motifs is 2. The Labute approximate surface area is 110 Å². The molecule has 0 radical (unpaired) electrons. The lowest BCUT2D eigenvalue weighted by Gasteiger charge is -2.25. The first-order valence-electron chi connectivity index (χ1n) is 6.08. The molecule has 1 saturated heterocycles. The number of hydrogen-bond acceptors (Lipinski definition) is 4. The van der Waals surface area contributed by atoms with Crippen LogP contribution in [-0.4, -0.2) is 32.3 Å². The number of ether oxygens (including phenoxy) is 2.